The van der Waals surface area contributed by atoms with Crippen molar-refractivity contribution in [2.24, 2.45) is 0 Å². The maximum atomic E-state index is 5.90. The van der Waals surface area contributed by atoms with Gasteiger partial charge in [-0.2, -0.15) is 0 Å². The van der Waals surface area contributed by atoms with E-state index >= 15 is 0 Å². The molecule has 0 aliphatic rings. The quantitative estimate of drug-likeness (QED) is 0.0235. The minimum absolute atomic E-state index is 0.106. The van der Waals surface area contributed by atoms with Crippen LogP contribution in [0.5, 0.6) is 0 Å². The van der Waals surface area contributed by atoms with E-state index in [-0.39, 0.29) is 26.5 Å². The number of nitrogens with zero attached hydrogens (tertiary/aromatic N) is 4. The minimum Gasteiger partial charge on any atom is -0.0622 e. The summed E-state index contributed by atoms with van der Waals surface area (Å²) in [6.07, 6.45) is 8.10. The first-order chi connectivity index (χ1) is 41.5. The molecule has 0 bridgehead atoms. The summed E-state index contributed by atoms with van der Waals surface area (Å²) in [6, 6.07) is 68.4. The van der Waals surface area contributed by atoms with Gasteiger partial charge in [-0.1, -0.05) is 200 Å². The van der Waals surface area contributed by atoms with Gasteiger partial charge >= 0.3 is 155 Å². The minimum atomic E-state index is -2.24. The van der Waals surface area contributed by atoms with Crippen LogP contribution in [-0.4, -0.2) is 51.5 Å². The number of thiophene rings is 2. The Kier molecular flexibility index (Phi) is 35.1. The maximum Gasteiger partial charge on any atom is -0.0134 e. The molecule has 10 aromatic rings. The average Bonchev–Trinajstić information content (AvgIpc) is 4.47. The molecule has 10 rings (SSSR count). The van der Waals surface area contributed by atoms with E-state index in [1.165, 1.54) is 98.8 Å². The second kappa shape index (κ2) is 41.5. The number of aromatic nitrogens is 4. The topological polar surface area (TPSA) is 70.0 Å². The van der Waals surface area contributed by atoms with E-state index in [2.05, 4.69) is 243 Å². The molecule has 0 amide bonds. The number of hydrogen-bond acceptors (Lipinski definition) is 8. The Morgan fingerprint density at radius 3 is 1.07 bits per heavy atom. The number of ether oxygens (including phenoxy) is 2. The van der Waals surface area contributed by atoms with Crippen LogP contribution in [-0.2, 0) is 25.4 Å². The van der Waals surface area contributed by atoms with Crippen molar-refractivity contribution in [3.63, 3.8) is 0 Å². The molecular formula is C68H75Cl5N4O2P2PdS2Sn. The Bertz CT molecular complexity index is 3110. The molecule has 0 atom stereocenters. The van der Waals surface area contributed by atoms with Gasteiger partial charge in [0.1, 0.15) is 11.5 Å². The summed E-state index contributed by atoms with van der Waals surface area (Å²) in [5, 5.41) is 13.1. The van der Waals surface area contributed by atoms with Crippen molar-refractivity contribution in [2.45, 2.75) is 86.5 Å². The van der Waals surface area contributed by atoms with Crippen LogP contribution in [0.25, 0.3) is 26.2 Å². The van der Waals surface area contributed by atoms with Crippen LogP contribution in [0.4, 0.5) is 0 Å². The van der Waals surface area contributed by atoms with Gasteiger partial charge < -0.3 is 4.74 Å². The van der Waals surface area contributed by atoms with Crippen LogP contribution in [0.15, 0.2) is 222 Å². The molecule has 0 N–H and O–H groups in total. The van der Waals surface area contributed by atoms with Gasteiger partial charge in [-0.05, 0) is 101 Å². The number of fused-ring (bicyclic) bond motifs is 2. The van der Waals surface area contributed by atoms with Gasteiger partial charge in [0.25, 0.3) is 0 Å². The monoisotopic (exact) mass is 1510 g/mol. The number of benzene rings is 6. The van der Waals surface area contributed by atoms with Crippen molar-refractivity contribution < 1.29 is 25.4 Å². The molecule has 0 spiro atoms. The maximum absolute atomic E-state index is 5.90. The van der Waals surface area contributed by atoms with Crippen LogP contribution in [0, 0.1) is 0 Å². The molecule has 6 aromatic carbocycles. The van der Waals surface area contributed by atoms with E-state index < -0.39 is 34.2 Å². The number of hydrogen-bond donors (Lipinski definition) is 0. The largest absolute Gasteiger partial charge is 0.0622 e. The van der Waals surface area contributed by atoms with Crippen molar-refractivity contribution in [1.82, 2.24) is 19.9 Å². The normalized spacial score (nSPS) is 10.7. The Morgan fingerprint density at radius 1 is 0.447 bits per heavy atom. The van der Waals surface area contributed by atoms with Gasteiger partial charge in [0, 0.05) is 0 Å². The third-order valence-electron chi connectivity index (χ3n) is 13.1. The number of rotatable bonds is 21. The zero-order chi connectivity index (χ0) is 61.1. The van der Waals surface area contributed by atoms with Crippen molar-refractivity contribution in [3.05, 3.63) is 243 Å². The molecule has 4 heterocycles. The predicted octanol–water partition coefficient (Wildman–Crippen LogP) is 20.5. The van der Waals surface area contributed by atoms with Crippen LogP contribution in [0.1, 0.15) is 78.8 Å². The van der Waals surface area contributed by atoms with Crippen molar-refractivity contribution in [1.29, 1.82) is 0 Å². The molecule has 6 nitrogen and oxygen atoms in total. The molecule has 0 unspecified atom stereocenters. The van der Waals surface area contributed by atoms with E-state index in [4.69, 9.17) is 63.3 Å². The van der Waals surface area contributed by atoms with Crippen LogP contribution < -0.4 is 31.8 Å². The first-order valence-corrected chi connectivity index (χ1v) is 45.4. The first kappa shape index (κ1) is 72.0. The van der Waals surface area contributed by atoms with Crippen LogP contribution in [0.3, 0.4) is 0 Å². The van der Waals surface area contributed by atoms with E-state index in [0.29, 0.717) is 23.2 Å². The Morgan fingerprint density at radius 2 is 0.753 bits per heavy atom. The Hall–Kier alpha value is -3.75. The Balaban J connectivity index is 0.000000194. The van der Waals surface area contributed by atoms with Gasteiger partial charge in [-0.15, -0.1) is 22.7 Å². The number of halogens is 5. The number of unbranched alkanes of at least 4 members (excludes halogenated alkanes) is 3. The predicted molar refractivity (Wildman–Crippen MR) is 378 cm³/mol. The molecule has 0 saturated carbocycles. The van der Waals surface area contributed by atoms with Crippen molar-refractivity contribution in [3.8, 4) is 0 Å². The first-order valence-electron chi connectivity index (χ1n) is 28.3. The summed E-state index contributed by atoms with van der Waals surface area (Å²) in [4.78, 5) is 16.0. The van der Waals surface area contributed by atoms with Gasteiger partial charge in [0.05, 0.1) is 27.0 Å². The average molecular weight is 1510 g/mol. The van der Waals surface area contributed by atoms with Crippen molar-refractivity contribution >= 4 is 169 Å². The summed E-state index contributed by atoms with van der Waals surface area (Å²) < 4.78 is 18.7. The fraction of sp³-hybridized carbons (Fsp3) is 0.235. The fourth-order valence-electron chi connectivity index (χ4n) is 9.09. The third-order valence-corrected chi connectivity index (χ3v) is 35.6. The second-order valence-corrected chi connectivity index (χ2v) is 41.8. The summed E-state index contributed by atoms with van der Waals surface area (Å²) in [5.41, 5.74) is 2.32. The van der Waals surface area contributed by atoms with Gasteiger partial charge in [-0.25, -0.2) is 19.9 Å². The molecule has 0 saturated heterocycles. The van der Waals surface area contributed by atoms with Crippen molar-refractivity contribution in [2.75, 3.05) is 13.2 Å². The summed E-state index contributed by atoms with van der Waals surface area (Å²) in [7, 11) is 8.74. The Labute approximate surface area is 551 Å². The second-order valence-electron chi connectivity index (χ2n) is 18.9. The zero-order valence-electron chi connectivity index (χ0n) is 48.8. The van der Waals surface area contributed by atoms with Crippen LogP contribution in [0.2, 0.25) is 29.0 Å². The van der Waals surface area contributed by atoms with E-state index in [0.717, 1.165) is 27.0 Å². The molecule has 85 heavy (non-hydrogen) atoms. The zero-order valence-corrected chi connectivity index (χ0v) is 60.5. The SMILES string of the molecule is C=C(OCC)c1nc(Cl)nc2ccsc12.C=[C](OCC)[Sn]([CH2]CCC)([CH2]CCC)[CH2]CCC.Clc1nc(Cl)c2sccc2n1.[Cl][Pd][Cl].c1ccc(P(c2ccccc2)c2ccccc2)cc1.c1ccc(P(c2ccccc2)c2ccccc2)cc1. The standard InChI is InChI=1S/2C18H15P.C10H9ClN2OS.C6H2Cl2N2S.C4H7O.3C4H9.2ClH.Pd.Sn/c2*1-4-10-16(11-5-1)19(17-12-6-2-7-13-17)18-14-8-3-9-15-18;1-3-14-6(2)8-9-7(4-5-15-9)12-10(11)13-8;7-5-4-3(1-2-11-4)9-6(8)10-5;1-3-5-4-2;3*1-3-4-2;;;;/h2*1-15H;4-5H,2-3H2,1H3;1-2H;1,4H2,2H3;3*1,3-4H2,2H3;2*1H;;/q;;;;;;;;;;+2;/p-2. The smallest absolute Gasteiger partial charge is 0.0134 e. The summed E-state index contributed by atoms with van der Waals surface area (Å²) in [5.74, 6) is 0.536. The van der Waals surface area contributed by atoms with Crippen LogP contribution >= 0.6 is 92.4 Å². The van der Waals surface area contributed by atoms with E-state index in [1.54, 1.807) is 11.3 Å². The molecular weight excluding hydrogens is 1430 g/mol. The summed E-state index contributed by atoms with van der Waals surface area (Å²) >= 11 is 17.9. The molecule has 0 aliphatic carbocycles. The molecule has 0 aliphatic heterocycles. The van der Waals surface area contributed by atoms with E-state index in [1.807, 2.05) is 29.8 Å². The van der Waals surface area contributed by atoms with Gasteiger partial charge in [-0.3, -0.25) is 0 Å². The molecule has 0 radical (unpaired) electrons. The summed E-state index contributed by atoms with van der Waals surface area (Å²) in [6.45, 7) is 20.5. The molecule has 4 aromatic heterocycles. The molecule has 0 fully saturated rings. The van der Waals surface area contributed by atoms with Gasteiger partial charge in [0.15, 0.2) is 5.15 Å². The van der Waals surface area contributed by atoms with Gasteiger partial charge in [0.2, 0.25) is 10.6 Å². The fourth-order valence-corrected chi connectivity index (χ4v) is 30.6. The molecule has 17 heteroatoms. The third kappa shape index (κ3) is 23.9. The molecule has 450 valence electrons. The van der Waals surface area contributed by atoms with E-state index in [9.17, 15) is 0 Å².